The highest BCUT2D eigenvalue weighted by atomic mass is 35.5. The number of benzene rings is 1. The molecule has 0 unspecified atom stereocenters. The number of imidazole rings is 1. The fourth-order valence-electron chi connectivity index (χ4n) is 2.82. The lowest BCUT2D eigenvalue weighted by Gasteiger charge is -2.09. The molecule has 1 aromatic carbocycles. The third-order valence-corrected chi connectivity index (χ3v) is 4.92. The molecule has 27 heavy (non-hydrogen) atoms. The molecule has 0 amide bonds. The van der Waals surface area contributed by atoms with Gasteiger partial charge in [-0.1, -0.05) is 11.6 Å². The summed E-state index contributed by atoms with van der Waals surface area (Å²) in [6.45, 7) is 0. The van der Waals surface area contributed by atoms with Crippen LogP contribution in [0.4, 0.5) is 0 Å². The maximum atomic E-state index is 11.2. The van der Waals surface area contributed by atoms with E-state index in [0.29, 0.717) is 16.5 Å². The van der Waals surface area contributed by atoms with E-state index in [1.165, 1.54) is 0 Å². The van der Waals surface area contributed by atoms with Gasteiger partial charge in [-0.05, 0) is 42.5 Å². The normalized spacial score (nSPS) is 11.8. The Morgan fingerprint density at radius 3 is 2.48 bits per heavy atom. The lowest BCUT2D eigenvalue weighted by molar-refractivity contribution is 0.596. The molecule has 2 N–H and O–H groups in total. The quantitative estimate of drug-likeness (QED) is 0.568. The Morgan fingerprint density at radius 1 is 1.04 bits per heavy atom. The van der Waals surface area contributed by atoms with Gasteiger partial charge >= 0.3 is 0 Å². The number of fused-ring (bicyclic) bond motifs is 1. The molecule has 0 spiro atoms. The highest BCUT2D eigenvalue weighted by Gasteiger charge is 2.15. The van der Waals surface area contributed by atoms with Crippen LogP contribution in [0.2, 0.25) is 5.02 Å². The van der Waals surface area contributed by atoms with Crippen LogP contribution in [0, 0.1) is 0 Å². The Hall–Kier alpha value is -2.81. The monoisotopic (exact) mass is 399 g/mol. The van der Waals surface area contributed by atoms with Crippen LogP contribution in [0.1, 0.15) is 5.69 Å². The number of sulfonamides is 1. The molecule has 0 atom stereocenters. The Labute approximate surface area is 160 Å². The van der Waals surface area contributed by atoms with E-state index >= 15 is 0 Å². The minimum atomic E-state index is -3.63. The maximum Gasteiger partial charge on any atom is 0.214 e. The molecular weight excluding hydrogens is 386 g/mol. The molecule has 0 radical (unpaired) electrons. The fraction of sp³-hybridized carbons (Fsp3) is 0.0556. The summed E-state index contributed by atoms with van der Waals surface area (Å²) in [6, 6.07) is 12.6. The Kier molecular flexibility index (Phi) is 4.39. The standard InChI is InChI=1S/C18H14ClN5O2S/c19-13-2-5-15(6-3-13)24-17-10-21-8-7-16(17)23-18(24)12-1-4-14(22-9-12)11-27(20,25)26/h1-10H,11H2,(H2,20,25,26). The first kappa shape index (κ1) is 17.6. The van der Waals surface area contributed by atoms with E-state index in [2.05, 4.69) is 9.97 Å². The molecule has 0 fully saturated rings. The minimum Gasteiger partial charge on any atom is -0.291 e. The highest BCUT2D eigenvalue weighted by molar-refractivity contribution is 7.88. The smallest absolute Gasteiger partial charge is 0.214 e. The molecule has 4 rings (SSSR count). The lowest BCUT2D eigenvalue weighted by atomic mass is 10.2. The molecule has 0 aliphatic heterocycles. The van der Waals surface area contributed by atoms with Crippen LogP contribution in [0.3, 0.4) is 0 Å². The zero-order chi connectivity index (χ0) is 19.0. The first-order valence-electron chi connectivity index (χ1n) is 7.95. The summed E-state index contributed by atoms with van der Waals surface area (Å²) < 4.78 is 24.4. The van der Waals surface area contributed by atoms with Crippen molar-refractivity contribution in [3.8, 4) is 17.1 Å². The van der Waals surface area contributed by atoms with E-state index in [9.17, 15) is 8.42 Å². The van der Waals surface area contributed by atoms with Crippen LogP contribution in [0.15, 0.2) is 61.1 Å². The number of primary sulfonamides is 1. The summed E-state index contributed by atoms with van der Waals surface area (Å²) in [4.78, 5) is 13.1. The first-order chi connectivity index (χ1) is 12.9. The van der Waals surface area contributed by atoms with E-state index in [0.717, 1.165) is 22.3 Å². The van der Waals surface area contributed by atoms with Crippen LogP contribution in [0.25, 0.3) is 28.1 Å². The van der Waals surface area contributed by atoms with E-state index < -0.39 is 10.0 Å². The number of pyridine rings is 2. The average Bonchev–Trinajstić information content (AvgIpc) is 3.01. The Balaban J connectivity index is 1.86. The Morgan fingerprint density at radius 2 is 1.81 bits per heavy atom. The van der Waals surface area contributed by atoms with Gasteiger partial charge in [0.1, 0.15) is 11.6 Å². The van der Waals surface area contributed by atoms with Gasteiger partial charge in [0.25, 0.3) is 0 Å². The predicted octanol–water partition coefficient (Wildman–Crippen LogP) is 2.92. The third kappa shape index (κ3) is 3.68. The second-order valence-electron chi connectivity index (χ2n) is 5.96. The van der Waals surface area contributed by atoms with Gasteiger partial charge in [0.05, 0.1) is 22.9 Å². The van der Waals surface area contributed by atoms with Crippen molar-refractivity contribution in [3.05, 3.63) is 71.8 Å². The molecule has 4 aromatic rings. The van der Waals surface area contributed by atoms with Crippen molar-refractivity contribution in [2.24, 2.45) is 5.14 Å². The van der Waals surface area contributed by atoms with E-state index in [1.807, 2.05) is 22.8 Å². The van der Waals surface area contributed by atoms with Crippen molar-refractivity contribution in [2.75, 3.05) is 0 Å². The number of nitrogens with zero attached hydrogens (tertiary/aromatic N) is 4. The molecule has 136 valence electrons. The van der Waals surface area contributed by atoms with E-state index in [4.69, 9.17) is 21.7 Å². The third-order valence-electron chi connectivity index (χ3n) is 3.97. The van der Waals surface area contributed by atoms with Crippen molar-refractivity contribution < 1.29 is 8.42 Å². The molecule has 3 aromatic heterocycles. The Bertz CT molecular complexity index is 1220. The van der Waals surface area contributed by atoms with Gasteiger partial charge in [-0.25, -0.2) is 18.5 Å². The molecule has 0 saturated heterocycles. The van der Waals surface area contributed by atoms with Crippen LogP contribution < -0.4 is 5.14 Å². The van der Waals surface area contributed by atoms with Gasteiger partial charge in [0.15, 0.2) is 0 Å². The largest absolute Gasteiger partial charge is 0.291 e. The van der Waals surface area contributed by atoms with Gasteiger partial charge in [-0.15, -0.1) is 0 Å². The van der Waals surface area contributed by atoms with Gasteiger partial charge in [-0.2, -0.15) is 0 Å². The number of aromatic nitrogens is 4. The van der Waals surface area contributed by atoms with Crippen molar-refractivity contribution in [1.29, 1.82) is 0 Å². The van der Waals surface area contributed by atoms with E-state index in [1.54, 1.807) is 42.9 Å². The first-order valence-corrected chi connectivity index (χ1v) is 10.0. The summed E-state index contributed by atoms with van der Waals surface area (Å²) in [6.07, 6.45) is 5.00. The summed E-state index contributed by atoms with van der Waals surface area (Å²) in [7, 11) is -3.63. The van der Waals surface area contributed by atoms with Crippen molar-refractivity contribution in [3.63, 3.8) is 0 Å². The second kappa shape index (κ2) is 6.73. The molecule has 9 heteroatoms. The summed E-state index contributed by atoms with van der Waals surface area (Å²) in [5.74, 6) is 0.347. The van der Waals surface area contributed by atoms with Crippen LogP contribution >= 0.6 is 11.6 Å². The van der Waals surface area contributed by atoms with E-state index in [-0.39, 0.29) is 5.75 Å². The molecule has 0 bridgehead atoms. The average molecular weight is 400 g/mol. The summed E-state index contributed by atoms with van der Waals surface area (Å²) >= 11 is 6.01. The summed E-state index contributed by atoms with van der Waals surface area (Å²) in [5.41, 5.74) is 3.60. The maximum absolute atomic E-state index is 11.2. The van der Waals surface area contributed by atoms with Crippen LogP contribution in [0.5, 0.6) is 0 Å². The summed E-state index contributed by atoms with van der Waals surface area (Å²) in [5, 5.41) is 5.71. The highest BCUT2D eigenvalue weighted by Crippen LogP contribution is 2.28. The zero-order valence-electron chi connectivity index (χ0n) is 13.9. The van der Waals surface area contributed by atoms with Gasteiger partial charge in [0.2, 0.25) is 10.0 Å². The number of halogens is 1. The van der Waals surface area contributed by atoms with Crippen LogP contribution in [-0.2, 0) is 15.8 Å². The number of hydrogen-bond donors (Lipinski definition) is 1. The lowest BCUT2D eigenvalue weighted by Crippen LogP contribution is -2.15. The number of hydrogen-bond acceptors (Lipinski definition) is 5. The van der Waals surface area contributed by atoms with Crippen molar-refractivity contribution in [2.45, 2.75) is 5.75 Å². The van der Waals surface area contributed by atoms with Gasteiger partial charge in [-0.3, -0.25) is 14.5 Å². The molecule has 0 aliphatic rings. The van der Waals surface area contributed by atoms with Crippen LogP contribution in [-0.4, -0.2) is 27.9 Å². The van der Waals surface area contributed by atoms with Crippen molar-refractivity contribution >= 4 is 32.7 Å². The second-order valence-corrected chi connectivity index (χ2v) is 8.01. The topological polar surface area (TPSA) is 104 Å². The van der Waals surface area contributed by atoms with Crippen molar-refractivity contribution in [1.82, 2.24) is 19.5 Å². The number of nitrogens with two attached hydrogens (primary N) is 1. The van der Waals surface area contributed by atoms with Gasteiger partial charge < -0.3 is 0 Å². The molecule has 0 aliphatic carbocycles. The SMILES string of the molecule is NS(=O)(=O)Cc1ccc(-c2nc3ccncc3n2-c2ccc(Cl)cc2)cn1. The molecular formula is C18H14ClN5O2S. The van der Waals surface area contributed by atoms with Gasteiger partial charge in [0, 0.05) is 28.7 Å². The molecule has 3 heterocycles. The minimum absolute atomic E-state index is 0.315. The number of rotatable bonds is 4. The molecule has 0 saturated carbocycles. The zero-order valence-corrected chi connectivity index (χ0v) is 15.5. The predicted molar refractivity (Wildman–Crippen MR) is 104 cm³/mol. The molecule has 7 nitrogen and oxygen atoms in total. The fourth-order valence-corrected chi connectivity index (χ4v) is 3.53.